The number of aromatic nitrogens is 6. The van der Waals surface area contributed by atoms with Crippen LogP contribution >= 0.6 is 11.6 Å². The minimum atomic E-state index is -0.204. The first-order chi connectivity index (χ1) is 12.0. The van der Waals surface area contributed by atoms with Crippen molar-refractivity contribution >= 4 is 40.4 Å². The number of imidazole rings is 1. The Morgan fingerprint density at radius 1 is 1.44 bits per heavy atom. The number of carbonyl (C=O) groups is 1. The molecule has 1 fully saturated rings. The molecule has 0 radical (unpaired) electrons. The minimum absolute atomic E-state index is 0.0386. The Morgan fingerprint density at radius 3 is 2.96 bits per heavy atom. The van der Waals surface area contributed by atoms with Gasteiger partial charge in [-0.1, -0.05) is 11.6 Å². The van der Waals surface area contributed by atoms with Gasteiger partial charge in [-0.05, 0) is 19.8 Å². The highest BCUT2D eigenvalue weighted by atomic mass is 35.5. The van der Waals surface area contributed by atoms with Crippen molar-refractivity contribution in [2.75, 3.05) is 11.1 Å². The quantitative estimate of drug-likeness (QED) is 0.670. The number of nitrogens with one attached hydrogen (secondary N) is 1. The molecule has 0 bridgehead atoms. The van der Waals surface area contributed by atoms with Crippen molar-refractivity contribution in [2.24, 2.45) is 0 Å². The second kappa shape index (κ2) is 5.99. The molecule has 0 spiro atoms. The average Bonchev–Trinajstić information content (AvgIpc) is 3.23. The van der Waals surface area contributed by atoms with E-state index < -0.39 is 0 Å². The number of rotatable bonds is 5. The molecule has 1 amide bonds. The number of nitrogens with zero attached hydrogens (tertiary/aromatic N) is 6. The topological polar surface area (TPSA) is 117 Å². The number of halogens is 1. The maximum Gasteiger partial charge on any atom is 0.245 e. The van der Waals surface area contributed by atoms with Gasteiger partial charge in [0.05, 0.1) is 12.0 Å². The molecule has 0 unspecified atom stereocenters. The van der Waals surface area contributed by atoms with Gasteiger partial charge in [-0.3, -0.25) is 4.79 Å². The molecule has 0 saturated heterocycles. The van der Waals surface area contributed by atoms with Crippen LogP contribution in [0.4, 0.5) is 11.8 Å². The van der Waals surface area contributed by atoms with E-state index >= 15 is 0 Å². The Morgan fingerprint density at radius 2 is 2.24 bits per heavy atom. The van der Waals surface area contributed by atoms with Gasteiger partial charge < -0.3 is 15.6 Å². The van der Waals surface area contributed by atoms with E-state index in [4.69, 9.17) is 17.3 Å². The number of hydrogen-bond donors (Lipinski definition) is 2. The molecular formula is C15H17ClN8O. The van der Waals surface area contributed by atoms with Gasteiger partial charge in [0.25, 0.3) is 0 Å². The summed E-state index contributed by atoms with van der Waals surface area (Å²) in [6.45, 7) is 2.72. The third-order valence-electron chi connectivity index (χ3n) is 4.11. The average molecular weight is 361 g/mol. The van der Waals surface area contributed by atoms with Gasteiger partial charge in [-0.25, -0.2) is 9.67 Å². The van der Waals surface area contributed by atoms with Crippen LogP contribution in [0.3, 0.4) is 0 Å². The molecule has 1 saturated carbocycles. The summed E-state index contributed by atoms with van der Waals surface area (Å²) in [6, 6.07) is 1.95. The van der Waals surface area contributed by atoms with Gasteiger partial charge in [0.1, 0.15) is 17.9 Å². The van der Waals surface area contributed by atoms with E-state index in [0.29, 0.717) is 29.4 Å². The second-order valence-electron chi connectivity index (χ2n) is 6.01. The highest BCUT2D eigenvalue weighted by molar-refractivity contribution is 6.33. The van der Waals surface area contributed by atoms with Crippen LogP contribution in [-0.2, 0) is 17.9 Å². The van der Waals surface area contributed by atoms with Crippen molar-refractivity contribution in [3.05, 3.63) is 23.2 Å². The molecule has 0 aromatic carbocycles. The molecule has 25 heavy (non-hydrogen) atoms. The highest BCUT2D eigenvalue weighted by Gasteiger charge is 2.27. The van der Waals surface area contributed by atoms with E-state index in [1.807, 2.05) is 13.0 Å². The summed E-state index contributed by atoms with van der Waals surface area (Å²) in [6.07, 6.45) is 3.82. The zero-order valence-corrected chi connectivity index (χ0v) is 14.4. The van der Waals surface area contributed by atoms with E-state index in [1.165, 1.54) is 6.33 Å². The van der Waals surface area contributed by atoms with E-state index in [2.05, 4.69) is 25.4 Å². The standard InChI is InChI=1S/C15H17ClN8O/c1-2-24-10(5-9(22-24)8-3-4-8)19-11(25)6-23-7-18-12-13(16)20-15(17)21-14(12)23/h5,7-8H,2-4,6H2,1H3,(H,19,25)(H2,17,20,21). The first kappa shape index (κ1) is 15.8. The molecule has 1 aliphatic carbocycles. The van der Waals surface area contributed by atoms with Crippen LogP contribution in [0, 0.1) is 0 Å². The zero-order chi connectivity index (χ0) is 17.6. The summed E-state index contributed by atoms with van der Waals surface area (Å²) < 4.78 is 3.39. The number of anilines is 2. The van der Waals surface area contributed by atoms with Crippen LogP contribution < -0.4 is 11.1 Å². The Balaban J connectivity index is 1.55. The predicted molar refractivity (Wildman–Crippen MR) is 93.3 cm³/mol. The fourth-order valence-electron chi connectivity index (χ4n) is 2.74. The van der Waals surface area contributed by atoms with Crippen LogP contribution in [-0.4, -0.2) is 35.2 Å². The van der Waals surface area contributed by atoms with E-state index in [0.717, 1.165) is 18.5 Å². The number of nitrogen functional groups attached to an aromatic ring is 1. The number of fused-ring (bicyclic) bond motifs is 1. The molecular weight excluding hydrogens is 344 g/mol. The summed E-state index contributed by atoms with van der Waals surface area (Å²) in [5.74, 6) is 1.07. The lowest BCUT2D eigenvalue weighted by Crippen LogP contribution is -2.20. The summed E-state index contributed by atoms with van der Waals surface area (Å²) in [4.78, 5) is 24.6. The Kier molecular flexibility index (Phi) is 3.79. The molecule has 3 N–H and O–H groups in total. The van der Waals surface area contributed by atoms with Crippen LogP contribution in [0.5, 0.6) is 0 Å². The minimum Gasteiger partial charge on any atom is -0.368 e. The van der Waals surface area contributed by atoms with Crippen LogP contribution in [0.1, 0.15) is 31.4 Å². The number of nitrogens with two attached hydrogens (primary N) is 1. The van der Waals surface area contributed by atoms with Gasteiger partial charge in [-0.2, -0.15) is 15.1 Å². The third-order valence-corrected chi connectivity index (χ3v) is 4.38. The Labute approximate surface area is 148 Å². The fraction of sp³-hybridized carbons (Fsp3) is 0.400. The SMILES string of the molecule is CCn1nc(C2CC2)cc1NC(=O)Cn1cnc2c(Cl)nc(N)nc21. The van der Waals surface area contributed by atoms with Gasteiger partial charge in [0.2, 0.25) is 11.9 Å². The van der Waals surface area contributed by atoms with Crippen LogP contribution in [0.2, 0.25) is 5.15 Å². The van der Waals surface area contributed by atoms with Crippen LogP contribution in [0.25, 0.3) is 11.2 Å². The van der Waals surface area contributed by atoms with Gasteiger partial charge in [0.15, 0.2) is 10.8 Å². The number of aryl methyl sites for hydroxylation is 1. The summed E-state index contributed by atoms with van der Waals surface area (Å²) in [5.41, 5.74) is 7.50. The molecule has 3 aromatic rings. The number of carbonyl (C=O) groups excluding carboxylic acids is 1. The smallest absolute Gasteiger partial charge is 0.245 e. The normalized spacial score (nSPS) is 14.2. The molecule has 3 aromatic heterocycles. The fourth-order valence-corrected chi connectivity index (χ4v) is 2.96. The second-order valence-corrected chi connectivity index (χ2v) is 6.37. The monoisotopic (exact) mass is 360 g/mol. The van der Waals surface area contributed by atoms with Crippen LogP contribution in [0.15, 0.2) is 12.4 Å². The van der Waals surface area contributed by atoms with Crippen molar-refractivity contribution in [2.45, 2.75) is 38.8 Å². The van der Waals surface area contributed by atoms with Crippen molar-refractivity contribution in [3.63, 3.8) is 0 Å². The zero-order valence-electron chi connectivity index (χ0n) is 13.6. The van der Waals surface area contributed by atoms with Gasteiger partial charge in [-0.15, -0.1) is 0 Å². The lowest BCUT2D eigenvalue weighted by molar-refractivity contribution is -0.116. The predicted octanol–water partition coefficient (Wildman–Crippen LogP) is 1.79. The van der Waals surface area contributed by atoms with Gasteiger partial charge in [0, 0.05) is 18.5 Å². The first-order valence-corrected chi connectivity index (χ1v) is 8.44. The molecule has 0 aliphatic heterocycles. The molecule has 130 valence electrons. The van der Waals surface area contributed by atoms with E-state index in [1.54, 1.807) is 9.25 Å². The van der Waals surface area contributed by atoms with E-state index in [-0.39, 0.29) is 23.6 Å². The first-order valence-electron chi connectivity index (χ1n) is 8.06. The van der Waals surface area contributed by atoms with E-state index in [9.17, 15) is 4.79 Å². The third kappa shape index (κ3) is 3.02. The number of hydrogen-bond acceptors (Lipinski definition) is 6. The van der Waals surface area contributed by atoms with Crippen molar-refractivity contribution in [3.8, 4) is 0 Å². The summed E-state index contributed by atoms with van der Waals surface area (Å²) in [7, 11) is 0. The van der Waals surface area contributed by atoms with Crippen molar-refractivity contribution < 1.29 is 4.79 Å². The molecule has 0 atom stereocenters. The Bertz CT molecular complexity index is 958. The summed E-state index contributed by atoms with van der Waals surface area (Å²) in [5, 5.41) is 7.61. The lowest BCUT2D eigenvalue weighted by atomic mass is 10.3. The van der Waals surface area contributed by atoms with Crippen molar-refractivity contribution in [1.82, 2.24) is 29.3 Å². The molecule has 4 rings (SSSR count). The summed E-state index contributed by atoms with van der Waals surface area (Å²) >= 11 is 6.00. The molecule has 1 aliphatic rings. The largest absolute Gasteiger partial charge is 0.368 e. The van der Waals surface area contributed by atoms with Crippen molar-refractivity contribution in [1.29, 1.82) is 0 Å². The van der Waals surface area contributed by atoms with Gasteiger partial charge >= 0.3 is 0 Å². The molecule has 9 nitrogen and oxygen atoms in total. The Hall–Kier alpha value is -2.68. The lowest BCUT2D eigenvalue weighted by Gasteiger charge is -2.08. The maximum atomic E-state index is 12.4. The number of amides is 1. The molecule has 10 heteroatoms. The maximum absolute atomic E-state index is 12.4. The highest BCUT2D eigenvalue weighted by Crippen LogP contribution is 2.40. The molecule has 3 heterocycles.